The number of fused-ring (bicyclic) bond motifs is 2. The number of rotatable bonds is 4. The molecule has 2 saturated carbocycles. The normalized spacial score (nSPS) is 34.7. The molecule has 4 atom stereocenters. The van der Waals surface area contributed by atoms with E-state index >= 15 is 0 Å². The zero-order chi connectivity index (χ0) is 12.4. The first kappa shape index (κ1) is 12.4. The maximum atomic E-state index is 11.7. The van der Waals surface area contributed by atoms with Crippen molar-refractivity contribution >= 4 is 11.9 Å². The number of hydrogen-bond acceptors (Lipinski definition) is 4. The molecule has 17 heavy (non-hydrogen) atoms. The zero-order valence-corrected chi connectivity index (χ0v) is 10.5. The van der Waals surface area contributed by atoms with Crippen molar-refractivity contribution in [2.75, 3.05) is 7.11 Å². The summed E-state index contributed by atoms with van der Waals surface area (Å²) in [6, 6.07) is 0. The Hall–Kier alpha value is -1.06. The minimum atomic E-state index is -0.133. The van der Waals surface area contributed by atoms with E-state index in [2.05, 4.69) is 0 Å². The lowest BCUT2D eigenvalue weighted by Crippen LogP contribution is -2.27. The largest absolute Gasteiger partial charge is 0.469 e. The standard InChI is InChI=1S/C13H20O4/c1-3-4-11(14)17-10-7-8-5-6-9(10)12(8)13(15)16-2/h8-10,12H,3-7H2,1-2H3/t8-,9+,10+,12?/m1/s1. The van der Waals surface area contributed by atoms with Gasteiger partial charge in [0.15, 0.2) is 0 Å². The highest BCUT2D eigenvalue weighted by molar-refractivity contribution is 5.74. The van der Waals surface area contributed by atoms with E-state index in [0.29, 0.717) is 12.3 Å². The molecule has 4 heteroatoms. The van der Waals surface area contributed by atoms with E-state index in [1.54, 1.807) is 0 Å². The van der Waals surface area contributed by atoms with E-state index in [4.69, 9.17) is 9.47 Å². The maximum absolute atomic E-state index is 11.7. The molecule has 0 aromatic carbocycles. The molecule has 0 aliphatic heterocycles. The molecule has 0 radical (unpaired) electrons. The molecule has 2 fully saturated rings. The van der Waals surface area contributed by atoms with Crippen LogP contribution >= 0.6 is 0 Å². The average Bonchev–Trinajstić information content (AvgIpc) is 2.85. The molecule has 1 unspecified atom stereocenters. The van der Waals surface area contributed by atoms with E-state index in [1.807, 2.05) is 6.92 Å². The Balaban J connectivity index is 1.96. The van der Waals surface area contributed by atoms with Crippen LogP contribution in [0.4, 0.5) is 0 Å². The van der Waals surface area contributed by atoms with Gasteiger partial charge < -0.3 is 9.47 Å². The first-order chi connectivity index (χ1) is 8.17. The van der Waals surface area contributed by atoms with Crippen LogP contribution < -0.4 is 0 Å². The van der Waals surface area contributed by atoms with Crippen molar-refractivity contribution in [2.45, 2.75) is 45.1 Å². The van der Waals surface area contributed by atoms with E-state index in [1.165, 1.54) is 7.11 Å². The summed E-state index contributed by atoms with van der Waals surface area (Å²) in [6.45, 7) is 1.96. The second kappa shape index (κ2) is 5.07. The van der Waals surface area contributed by atoms with Crippen molar-refractivity contribution < 1.29 is 19.1 Å². The van der Waals surface area contributed by atoms with Gasteiger partial charge in [-0.2, -0.15) is 0 Å². The molecule has 0 spiro atoms. The second-order valence-electron chi connectivity index (χ2n) is 5.06. The van der Waals surface area contributed by atoms with Crippen molar-refractivity contribution in [3.05, 3.63) is 0 Å². The number of esters is 2. The van der Waals surface area contributed by atoms with Gasteiger partial charge in [-0.3, -0.25) is 9.59 Å². The maximum Gasteiger partial charge on any atom is 0.309 e. The molecule has 0 N–H and O–H groups in total. The minimum Gasteiger partial charge on any atom is -0.469 e. The highest BCUT2D eigenvalue weighted by Crippen LogP contribution is 2.51. The lowest BCUT2D eigenvalue weighted by molar-refractivity contribution is -0.154. The molecule has 2 bridgehead atoms. The van der Waals surface area contributed by atoms with Crippen LogP contribution in [0.3, 0.4) is 0 Å². The van der Waals surface area contributed by atoms with Crippen molar-refractivity contribution in [1.82, 2.24) is 0 Å². The van der Waals surface area contributed by atoms with Gasteiger partial charge in [0.25, 0.3) is 0 Å². The first-order valence-corrected chi connectivity index (χ1v) is 6.44. The number of carbonyl (C=O) groups is 2. The van der Waals surface area contributed by atoms with Gasteiger partial charge in [-0.25, -0.2) is 0 Å². The fourth-order valence-electron chi connectivity index (χ4n) is 3.34. The molecule has 0 aromatic heterocycles. The molecule has 0 aromatic rings. The Morgan fingerprint density at radius 2 is 2.06 bits per heavy atom. The molecule has 2 aliphatic rings. The highest BCUT2D eigenvalue weighted by atomic mass is 16.5. The molecule has 0 heterocycles. The summed E-state index contributed by atoms with van der Waals surface area (Å²) >= 11 is 0. The SMILES string of the molecule is CCCC(=O)O[C@H]1C[C@H]2CC[C@@H]1C2C(=O)OC. The predicted molar refractivity (Wildman–Crippen MR) is 61.1 cm³/mol. The molecule has 2 aliphatic carbocycles. The fourth-order valence-corrected chi connectivity index (χ4v) is 3.34. The van der Waals surface area contributed by atoms with Gasteiger partial charge in [-0.1, -0.05) is 6.92 Å². The Kier molecular flexibility index (Phi) is 3.69. The third-order valence-electron chi connectivity index (χ3n) is 4.06. The third-order valence-corrected chi connectivity index (χ3v) is 4.06. The second-order valence-corrected chi connectivity index (χ2v) is 5.06. The van der Waals surface area contributed by atoms with Crippen LogP contribution in [-0.4, -0.2) is 25.2 Å². The van der Waals surface area contributed by atoms with Gasteiger partial charge in [-0.05, 0) is 31.6 Å². The van der Waals surface area contributed by atoms with Crippen molar-refractivity contribution in [3.63, 3.8) is 0 Å². The van der Waals surface area contributed by atoms with Crippen molar-refractivity contribution in [3.8, 4) is 0 Å². The van der Waals surface area contributed by atoms with Crippen LogP contribution in [-0.2, 0) is 19.1 Å². The smallest absolute Gasteiger partial charge is 0.309 e. The highest BCUT2D eigenvalue weighted by Gasteiger charge is 2.53. The van der Waals surface area contributed by atoms with E-state index in [0.717, 1.165) is 25.7 Å². The molecular formula is C13H20O4. The van der Waals surface area contributed by atoms with Gasteiger partial charge in [0.1, 0.15) is 6.10 Å². The van der Waals surface area contributed by atoms with Gasteiger partial charge in [0.2, 0.25) is 0 Å². The fraction of sp³-hybridized carbons (Fsp3) is 0.846. The summed E-state index contributed by atoms with van der Waals surface area (Å²) in [6.07, 6.45) is 4.09. The van der Waals surface area contributed by atoms with Crippen LogP contribution in [0, 0.1) is 17.8 Å². The Labute approximate surface area is 102 Å². The van der Waals surface area contributed by atoms with Crippen LogP contribution in [0.5, 0.6) is 0 Å². The molecule has 4 nitrogen and oxygen atoms in total. The van der Waals surface area contributed by atoms with Gasteiger partial charge in [-0.15, -0.1) is 0 Å². The summed E-state index contributed by atoms with van der Waals surface area (Å²) < 4.78 is 10.3. The van der Waals surface area contributed by atoms with Crippen LogP contribution in [0.1, 0.15) is 39.0 Å². The molecule has 2 rings (SSSR count). The quantitative estimate of drug-likeness (QED) is 0.704. The summed E-state index contributed by atoms with van der Waals surface area (Å²) in [7, 11) is 1.43. The van der Waals surface area contributed by atoms with Crippen LogP contribution in [0.15, 0.2) is 0 Å². The average molecular weight is 240 g/mol. The number of hydrogen-bond donors (Lipinski definition) is 0. The van der Waals surface area contributed by atoms with E-state index in [9.17, 15) is 9.59 Å². The Bertz CT molecular complexity index is 313. The molecule has 96 valence electrons. The topological polar surface area (TPSA) is 52.6 Å². The lowest BCUT2D eigenvalue weighted by atomic mass is 9.97. The summed E-state index contributed by atoms with van der Waals surface area (Å²) in [4.78, 5) is 23.2. The number of carbonyl (C=O) groups excluding carboxylic acids is 2. The summed E-state index contributed by atoms with van der Waals surface area (Å²) in [5, 5.41) is 0. The molecule has 0 saturated heterocycles. The number of ether oxygens (including phenoxy) is 2. The molecular weight excluding hydrogens is 220 g/mol. The molecule has 0 amide bonds. The van der Waals surface area contributed by atoms with E-state index in [-0.39, 0.29) is 29.9 Å². The van der Waals surface area contributed by atoms with Crippen LogP contribution in [0.25, 0.3) is 0 Å². The summed E-state index contributed by atoms with van der Waals surface area (Å²) in [5.41, 5.74) is 0. The predicted octanol–water partition coefficient (Wildman–Crippen LogP) is 1.92. The van der Waals surface area contributed by atoms with E-state index < -0.39 is 0 Å². The number of methoxy groups -OCH3 is 1. The van der Waals surface area contributed by atoms with Gasteiger partial charge >= 0.3 is 11.9 Å². The lowest BCUT2D eigenvalue weighted by Gasteiger charge is -2.22. The third kappa shape index (κ3) is 2.31. The monoisotopic (exact) mass is 240 g/mol. The minimum absolute atomic E-state index is 0.0422. The zero-order valence-electron chi connectivity index (χ0n) is 10.5. The van der Waals surface area contributed by atoms with Gasteiger partial charge in [0.05, 0.1) is 13.0 Å². The first-order valence-electron chi connectivity index (χ1n) is 6.44. The Morgan fingerprint density at radius 1 is 1.29 bits per heavy atom. The Morgan fingerprint density at radius 3 is 2.71 bits per heavy atom. The van der Waals surface area contributed by atoms with Crippen molar-refractivity contribution in [1.29, 1.82) is 0 Å². The summed E-state index contributed by atoms with van der Waals surface area (Å²) in [5.74, 6) is 0.236. The van der Waals surface area contributed by atoms with Crippen LogP contribution in [0.2, 0.25) is 0 Å². The van der Waals surface area contributed by atoms with Gasteiger partial charge in [0, 0.05) is 12.3 Å². The van der Waals surface area contributed by atoms with Crippen molar-refractivity contribution in [2.24, 2.45) is 17.8 Å².